The molecule has 5 heteroatoms. The molecule has 0 bridgehead atoms. The summed E-state index contributed by atoms with van der Waals surface area (Å²) in [7, 11) is -3.18. The fourth-order valence-corrected chi connectivity index (χ4v) is 3.20. The number of nitriles is 1. The maximum absolute atomic E-state index is 11.4. The summed E-state index contributed by atoms with van der Waals surface area (Å²) in [6.07, 6.45) is 3.31. The molecular formula is C10H11NO2S2. The number of nitrogens with zero attached hydrogens (tertiary/aromatic N) is 1. The predicted molar refractivity (Wildman–Crippen MR) is 60.6 cm³/mol. The Balaban J connectivity index is 3.29. The minimum atomic E-state index is -3.18. The standard InChI is InChI=1S/C10H11NO2S2/c1-14-9-7-8(5-6-11)3-4-10(9)15(2,12)13/h3-4,7H,5H2,1-2H3. The first-order chi connectivity index (χ1) is 6.99. The van der Waals surface area contributed by atoms with E-state index in [1.807, 2.05) is 12.3 Å². The molecule has 80 valence electrons. The van der Waals surface area contributed by atoms with E-state index in [0.29, 0.717) is 16.2 Å². The molecule has 0 amide bonds. The van der Waals surface area contributed by atoms with Gasteiger partial charge in [-0.15, -0.1) is 11.8 Å². The zero-order valence-corrected chi connectivity index (χ0v) is 10.2. The largest absolute Gasteiger partial charge is 0.224 e. The zero-order chi connectivity index (χ0) is 11.5. The summed E-state index contributed by atoms with van der Waals surface area (Å²) in [5.74, 6) is 0. The van der Waals surface area contributed by atoms with E-state index in [0.717, 1.165) is 5.56 Å². The van der Waals surface area contributed by atoms with Gasteiger partial charge in [-0.2, -0.15) is 5.26 Å². The van der Waals surface area contributed by atoms with Gasteiger partial charge in [0.15, 0.2) is 9.84 Å². The Bertz CT molecular complexity index is 501. The van der Waals surface area contributed by atoms with Gasteiger partial charge in [0, 0.05) is 11.2 Å². The minimum Gasteiger partial charge on any atom is -0.224 e. The molecule has 0 fully saturated rings. The number of benzene rings is 1. The SMILES string of the molecule is CSc1cc(CC#N)ccc1S(C)(=O)=O. The molecule has 0 aliphatic carbocycles. The van der Waals surface area contributed by atoms with Crippen LogP contribution >= 0.6 is 11.8 Å². The van der Waals surface area contributed by atoms with E-state index in [-0.39, 0.29) is 0 Å². The topological polar surface area (TPSA) is 57.9 Å². The first kappa shape index (κ1) is 12.1. The van der Waals surface area contributed by atoms with Crippen molar-refractivity contribution in [3.8, 4) is 6.07 Å². The first-order valence-electron chi connectivity index (χ1n) is 4.23. The Morgan fingerprint density at radius 2 is 2.13 bits per heavy atom. The van der Waals surface area contributed by atoms with Crippen LogP contribution in [0.2, 0.25) is 0 Å². The van der Waals surface area contributed by atoms with Gasteiger partial charge in [-0.25, -0.2) is 8.42 Å². The molecule has 0 saturated heterocycles. The molecule has 15 heavy (non-hydrogen) atoms. The normalized spacial score (nSPS) is 11.0. The lowest BCUT2D eigenvalue weighted by Gasteiger charge is -2.06. The Labute approximate surface area is 94.0 Å². The van der Waals surface area contributed by atoms with E-state index in [1.54, 1.807) is 18.2 Å². The van der Waals surface area contributed by atoms with Crippen LogP contribution in [0, 0.1) is 11.3 Å². The molecule has 0 aromatic heterocycles. The molecule has 1 aromatic rings. The van der Waals surface area contributed by atoms with Crippen molar-refractivity contribution in [2.24, 2.45) is 0 Å². The Morgan fingerprint density at radius 1 is 1.47 bits per heavy atom. The van der Waals surface area contributed by atoms with Gasteiger partial charge in [-0.05, 0) is 24.0 Å². The lowest BCUT2D eigenvalue weighted by atomic mass is 10.2. The number of thioether (sulfide) groups is 1. The van der Waals surface area contributed by atoms with Crippen molar-refractivity contribution in [3.63, 3.8) is 0 Å². The molecule has 0 saturated carbocycles. The number of hydrogen-bond donors (Lipinski definition) is 0. The third-order valence-electron chi connectivity index (χ3n) is 1.91. The van der Waals surface area contributed by atoms with Crippen LogP contribution in [0.25, 0.3) is 0 Å². The van der Waals surface area contributed by atoms with Crippen molar-refractivity contribution in [1.82, 2.24) is 0 Å². The highest BCUT2D eigenvalue weighted by Gasteiger charge is 2.12. The molecule has 1 aromatic carbocycles. The van der Waals surface area contributed by atoms with Gasteiger partial charge < -0.3 is 0 Å². The van der Waals surface area contributed by atoms with E-state index >= 15 is 0 Å². The van der Waals surface area contributed by atoms with E-state index < -0.39 is 9.84 Å². The molecule has 0 unspecified atom stereocenters. The summed E-state index contributed by atoms with van der Waals surface area (Å²) in [6, 6.07) is 7.03. The van der Waals surface area contributed by atoms with Crippen LogP contribution in [0.15, 0.2) is 28.0 Å². The third-order valence-corrected chi connectivity index (χ3v) is 3.97. The molecule has 1 rings (SSSR count). The van der Waals surface area contributed by atoms with E-state index in [4.69, 9.17) is 5.26 Å². The summed E-state index contributed by atoms with van der Waals surface area (Å²) >= 11 is 1.37. The summed E-state index contributed by atoms with van der Waals surface area (Å²) in [5, 5.41) is 8.54. The van der Waals surface area contributed by atoms with Crippen LogP contribution in [0.1, 0.15) is 5.56 Å². The second kappa shape index (κ2) is 4.69. The van der Waals surface area contributed by atoms with Crippen molar-refractivity contribution in [3.05, 3.63) is 23.8 Å². The van der Waals surface area contributed by atoms with Gasteiger partial charge in [0.1, 0.15) is 0 Å². The molecule has 0 radical (unpaired) electrons. The third kappa shape index (κ3) is 2.98. The number of rotatable bonds is 3. The molecule has 0 spiro atoms. The molecule has 0 N–H and O–H groups in total. The summed E-state index contributed by atoms with van der Waals surface area (Å²) < 4.78 is 22.8. The summed E-state index contributed by atoms with van der Waals surface area (Å²) in [4.78, 5) is 1.03. The van der Waals surface area contributed by atoms with Crippen LogP contribution in [-0.2, 0) is 16.3 Å². The van der Waals surface area contributed by atoms with E-state index in [9.17, 15) is 8.42 Å². The van der Waals surface area contributed by atoms with Crippen molar-refractivity contribution < 1.29 is 8.42 Å². The van der Waals surface area contributed by atoms with Crippen LogP contribution in [0.5, 0.6) is 0 Å². The second-order valence-corrected chi connectivity index (χ2v) is 5.92. The quantitative estimate of drug-likeness (QED) is 0.758. The molecule has 0 aliphatic heterocycles. The smallest absolute Gasteiger partial charge is 0.176 e. The van der Waals surface area contributed by atoms with E-state index in [2.05, 4.69) is 0 Å². The van der Waals surface area contributed by atoms with Gasteiger partial charge in [0.05, 0.1) is 17.4 Å². The Kier molecular flexibility index (Phi) is 3.77. The average Bonchev–Trinajstić information content (AvgIpc) is 2.16. The van der Waals surface area contributed by atoms with Gasteiger partial charge >= 0.3 is 0 Å². The van der Waals surface area contributed by atoms with Crippen LogP contribution in [-0.4, -0.2) is 20.9 Å². The number of hydrogen-bond acceptors (Lipinski definition) is 4. The van der Waals surface area contributed by atoms with Crippen molar-refractivity contribution >= 4 is 21.6 Å². The second-order valence-electron chi connectivity index (χ2n) is 3.09. The lowest BCUT2D eigenvalue weighted by Crippen LogP contribution is -1.99. The van der Waals surface area contributed by atoms with Crippen LogP contribution in [0.3, 0.4) is 0 Å². The highest BCUT2D eigenvalue weighted by atomic mass is 32.2. The summed E-state index contributed by atoms with van der Waals surface area (Å²) in [6.45, 7) is 0. The van der Waals surface area contributed by atoms with Crippen molar-refractivity contribution in [1.29, 1.82) is 5.26 Å². The fraction of sp³-hybridized carbons (Fsp3) is 0.300. The van der Waals surface area contributed by atoms with Crippen LogP contribution < -0.4 is 0 Å². The number of sulfone groups is 1. The molecular weight excluding hydrogens is 230 g/mol. The van der Waals surface area contributed by atoms with Crippen molar-refractivity contribution in [2.75, 3.05) is 12.5 Å². The Hall–Kier alpha value is -0.990. The predicted octanol–water partition coefficient (Wildman–Crippen LogP) is 1.88. The first-order valence-corrected chi connectivity index (χ1v) is 7.34. The zero-order valence-electron chi connectivity index (χ0n) is 8.52. The van der Waals surface area contributed by atoms with Gasteiger partial charge in [-0.3, -0.25) is 0 Å². The fourth-order valence-electron chi connectivity index (χ4n) is 1.22. The highest BCUT2D eigenvalue weighted by molar-refractivity contribution is 7.99. The average molecular weight is 241 g/mol. The van der Waals surface area contributed by atoms with Crippen LogP contribution in [0.4, 0.5) is 0 Å². The molecule has 0 heterocycles. The minimum absolute atomic E-state index is 0.303. The van der Waals surface area contributed by atoms with E-state index in [1.165, 1.54) is 18.0 Å². The maximum Gasteiger partial charge on any atom is 0.176 e. The van der Waals surface area contributed by atoms with Gasteiger partial charge in [-0.1, -0.05) is 6.07 Å². The lowest BCUT2D eigenvalue weighted by molar-refractivity contribution is 0.600. The summed E-state index contributed by atoms with van der Waals surface area (Å²) in [5.41, 5.74) is 0.842. The Morgan fingerprint density at radius 3 is 2.60 bits per heavy atom. The molecule has 3 nitrogen and oxygen atoms in total. The van der Waals surface area contributed by atoms with Gasteiger partial charge in [0.2, 0.25) is 0 Å². The molecule has 0 aliphatic rings. The highest BCUT2D eigenvalue weighted by Crippen LogP contribution is 2.25. The maximum atomic E-state index is 11.4. The van der Waals surface area contributed by atoms with Gasteiger partial charge in [0.25, 0.3) is 0 Å². The monoisotopic (exact) mass is 241 g/mol. The molecule has 0 atom stereocenters. The van der Waals surface area contributed by atoms with Crippen molar-refractivity contribution in [2.45, 2.75) is 16.2 Å².